The molecule has 0 aromatic heterocycles. The molecule has 0 saturated heterocycles. The summed E-state index contributed by atoms with van der Waals surface area (Å²) in [6.45, 7) is -0.694. The van der Waals surface area contributed by atoms with Crippen LogP contribution in [0.3, 0.4) is 0 Å². The zero-order valence-electron chi connectivity index (χ0n) is 7.91. The molecule has 7 heteroatoms. The van der Waals surface area contributed by atoms with Crippen molar-refractivity contribution in [1.82, 2.24) is 0 Å². The van der Waals surface area contributed by atoms with Gasteiger partial charge in [0.25, 0.3) is 0 Å². The molecule has 0 radical (unpaired) electrons. The van der Waals surface area contributed by atoms with Crippen LogP contribution in [0.15, 0.2) is 24.3 Å². The van der Waals surface area contributed by atoms with Gasteiger partial charge in [-0.3, -0.25) is 4.79 Å². The summed E-state index contributed by atoms with van der Waals surface area (Å²) in [6.07, 6.45) is -4.74. The van der Waals surface area contributed by atoms with Gasteiger partial charge in [0.05, 0.1) is 0 Å². The van der Waals surface area contributed by atoms with E-state index >= 15 is 0 Å². The largest absolute Gasteiger partial charge is 0.573 e. The molecule has 1 aromatic carbocycles. The summed E-state index contributed by atoms with van der Waals surface area (Å²) in [5.41, 5.74) is 0.272. The van der Waals surface area contributed by atoms with Crippen molar-refractivity contribution >= 4 is 11.6 Å². The van der Waals surface area contributed by atoms with Crippen molar-refractivity contribution in [1.29, 1.82) is 0 Å². The number of alkyl halides is 3. The van der Waals surface area contributed by atoms with Crippen molar-refractivity contribution in [3.63, 3.8) is 0 Å². The van der Waals surface area contributed by atoms with Gasteiger partial charge in [0, 0.05) is 5.69 Å². The number of benzene rings is 1. The Hall–Kier alpha value is -1.76. The molecule has 0 fully saturated rings. The fraction of sp³-hybridized carbons (Fsp3) is 0.222. The molecular formula is C9H8F3NO3. The molecule has 4 nitrogen and oxygen atoms in total. The molecule has 0 aliphatic heterocycles. The molecule has 16 heavy (non-hydrogen) atoms. The second-order valence-electron chi connectivity index (χ2n) is 2.78. The number of rotatable bonds is 3. The third-order valence-electron chi connectivity index (χ3n) is 1.52. The van der Waals surface area contributed by atoms with Gasteiger partial charge in [0.1, 0.15) is 12.4 Å². The number of amides is 1. The number of ether oxygens (including phenoxy) is 1. The monoisotopic (exact) mass is 235 g/mol. The van der Waals surface area contributed by atoms with Crippen LogP contribution in [0.4, 0.5) is 18.9 Å². The first-order valence-corrected chi connectivity index (χ1v) is 4.17. The number of halogens is 3. The number of carbonyl (C=O) groups is 1. The van der Waals surface area contributed by atoms with E-state index in [1.807, 2.05) is 0 Å². The highest BCUT2D eigenvalue weighted by molar-refractivity contribution is 5.91. The lowest BCUT2D eigenvalue weighted by Crippen LogP contribution is -2.17. The number of carbonyl (C=O) groups excluding carboxylic acids is 1. The average molecular weight is 235 g/mol. The SMILES string of the molecule is O=C(CO)Nc1ccc(OC(F)(F)F)cc1. The van der Waals surface area contributed by atoms with Crippen LogP contribution in [-0.2, 0) is 4.79 Å². The second kappa shape index (κ2) is 4.84. The predicted molar refractivity (Wildman–Crippen MR) is 48.8 cm³/mol. The van der Waals surface area contributed by atoms with Gasteiger partial charge in [-0.25, -0.2) is 0 Å². The summed E-state index contributed by atoms with van der Waals surface area (Å²) in [5.74, 6) is -1.03. The zero-order valence-corrected chi connectivity index (χ0v) is 7.91. The first kappa shape index (κ1) is 12.3. The van der Waals surface area contributed by atoms with Crippen LogP contribution in [0, 0.1) is 0 Å². The first-order valence-electron chi connectivity index (χ1n) is 4.17. The van der Waals surface area contributed by atoms with Crippen molar-refractivity contribution in [3.05, 3.63) is 24.3 Å². The standard InChI is InChI=1S/C9H8F3NO3/c10-9(11,12)16-7-3-1-6(2-4-7)13-8(15)5-14/h1-4,14H,5H2,(H,13,15). The summed E-state index contributed by atoms with van der Waals surface area (Å²) in [4.78, 5) is 10.7. The molecule has 0 aliphatic rings. The number of hydrogen-bond donors (Lipinski definition) is 2. The second-order valence-corrected chi connectivity index (χ2v) is 2.78. The van der Waals surface area contributed by atoms with Gasteiger partial charge in [-0.15, -0.1) is 13.2 Å². The fourth-order valence-electron chi connectivity index (χ4n) is 0.940. The van der Waals surface area contributed by atoms with E-state index in [0.717, 1.165) is 12.1 Å². The average Bonchev–Trinajstić information content (AvgIpc) is 2.18. The minimum absolute atomic E-state index is 0.272. The van der Waals surface area contributed by atoms with Crippen molar-refractivity contribution in [2.75, 3.05) is 11.9 Å². The normalized spacial score (nSPS) is 11.0. The van der Waals surface area contributed by atoms with E-state index in [1.165, 1.54) is 12.1 Å². The molecule has 1 aromatic rings. The maximum absolute atomic E-state index is 11.8. The predicted octanol–water partition coefficient (Wildman–Crippen LogP) is 1.52. The molecule has 0 aliphatic carbocycles. The van der Waals surface area contributed by atoms with E-state index in [0.29, 0.717) is 0 Å². The van der Waals surface area contributed by atoms with Gasteiger partial charge in [-0.05, 0) is 24.3 Å². The molecule has 0 heterocycles. The molecule has 0 saturated carbocycles. The Morgan fingerprint density at radius 1 is 1.31 bits per heavy atom. The van der Waals surface area contributed by atoms with E-state index in [9.17, 15) is 18.0 Å². The number of hydrogen-bond acceptors (Lipinski definition) is 3. The van der Waals surface area contributed by atoms with Gasteiger partial charge >= 0.3 is 6.36 Å². The Bertz CT molecular complexity index is 361. The van der Waals surface area contributed by atoms with Crippen LogP contribution in [0.1, 0.15) is 0 Å². The number of aliphatic hydroxyl groups excluding tert-OH is 1. The number of aliphatic hydroxyl groups is 1. The zero-order chi connectivity index (χ0) is 12.2. The minimum atomic E-state index is -4.74. The van der Waals surface area contributed by atoms with Gasteiger partial charge in [-0.1, -0.05) is 0 Å². The molecule has 88 valence electrons. The minimum Gasteiger partial charge on any atom is -0.406 e. The molecule has 2 N–H and O–H groups in total. The van der Waals surface area contributed by atoms with Crippen LogP contribution >= 0.6 is 0 Å². The highest BCUT2D eigenvalue weighted by Crippen LogP contribution is 2.23. The van der Waals surface area contributed by atoms with Crippen molar-refractivity contribution in [2.45, 2.75) is 6.36 Å². The van der Waals surface area contributed by atoms with E-state index in [1.54, 1.807) is 0 Å². The summed E-state index contributed by atoms with van der Waals surface area (Å²) < 4.78 is 39.0. The van der Waals surface area contributed by atoms with Gasteiger partial charge in [-0.2, -0.15) is 0 Å². The Kier molecular flexibility index (Phi) is 3.73. The Balaban J connectivity index is 2.64. The van der Waals surface area contributed by atoms with Crippen molar-refractivity contribution in [3.8, 4) is 5.75 Å². The third-order valence-corrected chi connectivity index (χ3v) is 1.52. The Labute approximate surface area is 88.6 Å². The van der Waals surface area contributed by atoms with Crippen LogP contribution < -0.4 is 10.1 Å². The maximum atomic E-state index is 11.8. The van der Waals surface area contributed by atoms with E-state index in [2.05, 4.69) is 10.1 Å². The topological polar surface area (TPSA) is 58.6 Å². The highest BCUT2D eigenvalue weighted by Gasteiger charge is 2.30. The number of nitrogens with one attached hydrogen (secondary N) is 1. The molecule has 0 atom stereocenters. The van der Waals surface area contributed by atoms with E-state index in [-0.39, 0.29) is 11.4 Å². The third kappa shape index (κ3) is 4.18. The molecule has 0 unspecified atom stereocenters. The lowest BCUT2D eigenvalue weighted by atomic mass is 10.3. The van der Waals surface area contributed by atoms with Crippen LogP contribution in [0.5, 0.6) is 5.75 Å². The summed E-state index contributed by atoms with van der Waals surface area (Å²) in [7, 11) is 0. The van der Waals surface area contributed by atoms with Crippen molar-refractivity contribution < 1.29 is 27.8 Å². The molecule has 1 amide bonds. The lowest BCUT2D eigenvalue weighted by Gasteiger charge is -2.09. The van der Waals surface area contributed by atoms with Gasteiger partial charge in [0.2, 0.25) is 5.91 Å². The summed E-state index contributed by atoms with van der Waals surface area (Å²) >= 11 is 0. The molecule has 0 spiro atoms. The maximum Gasteiger partial charge on any atom is 0.573 e. The lowest BCUT2D eigenvalue weighted by molar-refractivity contribution is -0.274. The highest BCUT2D eigenvalue weighted by atomic mass is 19.4. The van der Waals surface area contributed by atoms with Crippen LogP contribution in [0.25, 0.3) is 0 Å². The van der Waals surface area contributed by atoms with Gasteiger partial charge < -0.3 is 15.2 Å². The summed E-state index contributed by atoms with van der Waals surface area (Å²) in [6, 6.07) is 4.57. The smallest absolute Gasteiger partial charge is 0.406 e. The van der Waals surface area contributed by atoms with Crippen molar-refractivity contribution in [2.24, 2.45) is 0 Å². The number of anilines is 1. The quantitative estimate of drug-likeness (QED) is 0.834. The van der Waals surface area contributed by atoms with Gasteiger partial charge in [0.15, 0.2) is 0 Å². The first-order chi connectivity index (χ1) is 7.40. The van der Waals surface area contributed by atoms with E-state index < -0.39 is 18.9 Å². The van der Waals surface area contributed by atoms with Crippen LogP contribution in [0.2, 0.25) is 0 Å². The molecule has 1 rings (SSSR count). The van der Waals surface area contributed by atoms with Crippen LogP contribution in [-0.4, -0.2) is 24.0 Å². The van der Waals surface area contributed by atoms with E-state index in [4.69, 9.17) is 5.11 Å². The Morgan fingerprint density at radius 2 is 1.88 bits per heavy atom. The fourth-order valence-corrected chi connectivity index (χ4v) is 0.940. The molecular weight excluding hydrogens is 227 g/mol. The Morgan fingerprint density at radius 3 is 2.31 bits per heavy atom. The molecule has 0 bridgehead atoms. The summed E-state index contributed by atoms with van der Waals surface area (Å²) in [5, 5.41) is 10.7.